The number of fused-ring (bicyclic) bond motifs is 2. The molecular weight excluding hydrogens is 450 g/mol. The molecule has 1 N–H and O–H groups in total. The quantitative estimate of drug-likeness (QED) is 0.248. The second kappa shape index (κ2) is 10.0. The number of nitrogens with one attached hydrogen (secondary N) is 1. The summed E-state index contributed by atoms with van der Waals surface area (Å²) in [4.78, 5) is 14.1. The van der Waals surface area contributed by atoms with Gasteiger partial charge >= 0.3 is 0 Å². The van der Waals surface area contributed by atoms with Crippen LogP contribution >= 0.6 is 0 Å². The Balaban J connectivity index is 1.60. The highest BCUT2D eigenvalue weighted by atomic mass is 28.4. The van der Waals surface area contributed by atoms with Crippen molar-refractivity contribution in [3.63, 3.8) is 0 Å². The van der Waals surface area contributed by atoms with Crippen molar-refractivity contribution in [1.82, 2.24) is 14.9 Å². The Labute approximate surface area is 212 Å². The fraction of sp³-hybridized carbons (Fsp3) is 0.571. The van der Waals surface area contributed by atoms with Crippen LogP contribution in [0.4, 0.5) is 11.6 Å². The summed E-state index contributed by atoms with van der Waals surface area (Å²) in [5.41, 5.74) is 4.04. The van der Waals surface area contributed by atoms with Crippen LogP contribution in [0, 0.1) is 0 Å². The maximum atomic E-state index is 7.08. The number of rotatable bonds is 10. The van der Waals surface area contributed by atoms with E-state index >= 15 is 0 Å². The van der Waals surface area contributed by atoms with Gasteiger partial charge in [0.05, 0.1) is 23.8 Å². The van der Waals surface area contributed by atoms with Crippen molar-refractivity contribution in [3.8, 4) is 0 Å². The zero-order valence-electron chi connectivity index (χ0n) is 22.6. The zero-order valence-corrected chi connectivity index (χ0v) is 23.6. The van der Waals surface area contributed by atoms with Crippen molar-refractivity contribution in [2.75, 3.05) is 37.0 Å². The van der Waals surface area contributed by atoms with Crippen LogP contribution < -0.4 is 10.2 Å². The molecule has 2 aliphatic heterocycles. The van der Waals surface area contributed by atoms with E-state index in [0.717, 1.165) is 43.4 Å². The van der Waals surface area contributed by atoms with E-state index in [0.29, 0.717) is 16.6 Å². The van der Waals surface area contributed by atoms with Crippen LogP contribution in [0.1, 0.15) is 58.7 Å². The third kappa shape index (κ3) is 4.66. The van der Waals surface area contributed by atoms with E-state index in [9.17, 15) is 0 Å². The van der Waals surface area contributed by atoms with Gasteiger partial charge in [0, 0.05) is 26.7 Å². The number of benzene rings is 1. The molecule has 0 spiro atoms. The Bertz CT molecular complexity index is 1010. The molecule has 2 unspecified atom stereocenters. The van der Waals surface area contributed by atoms with E-state index in [1.165, 1.54) is 5.56 Å². The highest BCUT2D eigenvalue weighted by molar-refractivity contribution is 6.77. The molecular formula is C28H43N5OSi. The van der Waals surface area contributed by atoms with E-state index in [2.05, 4.69) is 112 Å². The van der Waals surface area contributed by atoms with Crippen molar-refractivity contribution < 1.29 is 4.43 Å². The Morgan fingerprint density at radius 3 is 2.40 bits per heavy atom. The van der Waals surface area contributed by atoms with Crippen LogP contribution in [0.3, 0.4) is 0 Å². The predicted molar refractivity (Wildman–Crippen MR) is 148 cm³/mol. The van der Waals surface area contributed by atoms with Gasteiger partial charge < -0.3 is 14.6 Å². The van der Waals surface area contributed by atoms with Gasteiger partial charge in [0.25, 0.3) is 0 Å². The summed E-state index contributed by atoms with van der Waals surface area (Å²) in [6.07, 6.45) is 3.72. The van der Waals surface area contributed by atoms with Crippen LogP contribution in [0.25, 0.3) is 0 Å². The fourth-order valence-corrected chi connectivity index (χ4v) is 12.0. The molecule has 1 fully saturated rings. The lowest BCUT2D eigenvalue weighted by molar-refractivity contribution is 0.208. The normalized spacial score (nSPS) is 23.5. The maximum absolute atomic E-state index is 7.08. The molecule has 4 rings (SSSR count). The summed E-state index contributed by atoms with van der Waals surface area (Å²) in [6, 6.07) is 10.6. The minimum atomic E-state index is -1.95. The first-order valence-electron chi connectivity index (χ1n) is 13.0. The number of hydrogen-bond donors (Lipinski definition) is 1. The van der Waals surface area contributed by atoms with Crippen LogP contribution in [0.15, 0.2) is 49.3 Å². The first-order chi connectivity index (χ1) is 16.7. The molecule has 2 aromatic rings. The van der Waals surface area contributed by atoms with Gasteiger partial charge in [-0.3, -0.25) is 4.90 Å². The highest BCUT2D eigenvalue weighted by Crippen LogP contribution is 2.50. The van der Waals surface area contributed by atoms with Crippen molar-refractivity contribution in [2.24, 2.45) is 0 Å². The molecule has 0 saturated carbocycles. The van der Waals surface area contributed by atoms with Gasteiger partial charge in [-0.05, 0) is 22.2 Å². The lowest BCUT2D eigenvalue weighted by Gasteiger charge is -2.43. The van der Waals surface area contributed by atoms with Crippen LogP contribution in [-0.4, -0.2) is 55.5 Å². The van der Waals surface area contributed by atoms with Gasteiger partial charge in [0.2, 0.25) is 0 Å². The lowest BCUT2D eigenvalue weighted by atomic mass is 10.1. The van der Waals surface area contributed by atoms with E-state index in [1.54, 1.807) is 6.33 Å². The second-order valence-corrected chi connectivity index (χ2v) is 16.8. The van der Waals surface area contributed by atoms with Gasteiger partial charge in [-0.1, -0.05) is 78.0 Å². The molecule has 2 aliphatic rings. The number of aromatic nitrogens is 2. The lowest BCUT2D eigenvalue weighted by Crippen LogP contribution is -2.50. The van der Waals surface area contributed by atoms with E-state index in [1.807, 2.05) is 0 Å². The molecule has 190 valence electrons. The summed E-state index contributed by atoms with van der Waals surface area (Å²) in [6.45, 7) is 21.7. The molecule has 35 heavy (non-hydrogen) atoms. The van der Waals surface area contributed by atoms with Crippen LogP contribution in [-0.2, 0) is 11.0 Å². The highest BCUT2D eigenvalue weighted by Gasteiger charge is 2.59. The molecule has 1 aromatic heterocycles. The van der Waals surface area contributed by atoms with Crippen LogP contribution in [0.2, 0.25) is 16.6 Å². The minimum absolute atomic E-state index is 0.0360. The average molecular weight is 494 g/mol. The van der Waals surface area contributed by atoms with E-state index < -0.39 is 8.32 Å². The minimum Gasteiger partial charge on any atom is -0.414 e. The Morgan fingerprint density at radius 2 is 1.80 bits per heavy atom. The third-order valence-corrected chi connectivity index (χ3v) is 14.3. The fourth-order valence-electron chi connectivity index (χ4n) is 6.46. The first-order valence-corrected chi connectivity index (χ1v) is 15.2. The number of hydrogen-bond acceptors (Lipinski definition) is 6. The molecule has 3 atom stereocenters. The van der Waals surface area contributed by atoms with Gasteiger partial charge in [0.15, 0.2) is 8.32 Å². The molecule has 7 heteroatoms. The average Bonchev–Trinajstić information content (AvgIpc) is 3.54. The molecule has 0 amide bonds. The third-order valence-electron chi connectivity index (χ3n) is 8.20. The second-order valence-electron chi connectivity index (χ2n) is 11.3. The molecule has 0 radical (unpaired) electrons. The van der Waals surface area contributed by atoms with Crippen molar-refractivity contribution in [2.45, 2.75) is 76.3 Å². The first kappa shape index (κ1) is 25.9. The topological polar surface area (TPSA) is 53.3 Å². The van der Waals surface area contributed by atoms with Crippen LogP contribution in [0.5, 0.6) is 0 Å². The molecule has 0 aliphatic carbocycles. The Kier molecular flexibility index (Phi) is 7.41. The van der Waals surface area contributed by atoms with Gasteiger partial charge in [-0.15, -0.1) is 6.58 Å². The van der Waals surface area contributed by atoms with Gasteiger partial charge in [-0.25, -0.2) is 9.97 Å². The summed E-state index contributed by atoms with van der Waals surface area (Å²) >= 11 is 0. The monoisotopic (exact) mass is 493 g/mol. The SMILES string of the molecule is C=CC1c2c(ncnc2N(C)Cc2ccccc2)NC[C@]2(CO[Si](C(C)C)(C(C)C)C(C)C)CN12. The molecule has 0 bridgehead atoms. The van der Waals surface area contributed by atoms with Crippen molar-refractivity contribution in [1.29, 1.82) is 0 Å². The van der Waals surface area contributed by atoms with Gasteiger partial charge in [0.1, 0.15) is 18.0 Å². The molecule has 3 heterocycles. The van der Waals surface area contributed by atoms with Gasteiger partial charge in [-0.2, -0.15) is 0 Å². The molecule has 1 aromatic carbocycles. The van der Waals surface area contributed by atoms with Crippen molar-refractivity contribution >= 4 is 20.0 Å². The summed E-state index contributed by atoms with van der Waals surface area (Å²) in [7, 11) is 0.155. The zero-order chi connectivity index (χ0) is 25.4. The number of anilines is 2. The molecule has 1 saturated heterocycles. The Morgan fingerprint density at radius 1 is 1.14 bits per heavy atom. The number of nitrogens with zero attached hydrogens (tertiary/aromatic N) is 4. The summed E-state index contributed by atoms with van der Waals surface area (Å²) < 4.78 is 7.08. The molecule has 6 nitrogen and oxygen atoms in total. The van der Waals surface area contributed by atoms with E-state index in [4.69, 9.17) is 9.41 Å². The smallest absolute Gasteiger partial charge is 0.200 e. The van der Waals surface area contributed by atoms with Crippen molar-refractivity contribution in [3.05, 3.63) is 60.4 Å². The standard InChI is InChI=1S/C28H43N5OSi/c1-9-24-25-26(30-19-31-27(25)32(8)15-23-13-11-10-12-14-23)29-16-28(17-33(24)28)18-34-35(20(2)3,21(4)5)22(6)7/h9-14,19-22,24H,1,15-18H2,2-8H3,(H,29,30,31)/t24?,28-,33?/m1/s1. The summed E-state index contributed by atoms with van der Waals surface area (Å²) in [5, 5.41) is 3.67. The largest absolute Gasteiger partial charge is 0.414 e. The van der Waals surface area contributed by atoms with E-state index in [-0.39, 0.29) is 11.6 Å². The summed E-state index contributed by atoms with van der Waals surface area (Å²) in [5.74, 6) is 1.86. The predicted octanol–water partition coefficient (Wildman–Crippen LogP) is 6.01. The maximum Gasteiger partial charge on any atom is 0.200 e. The Hall–Kier alpha value is -2.22.